The third kappa shape index (κ3) is 4.79. The summed E-state index contributed by atoms with van der Waals surface area (Å²) in [6, 6.07) is 8.31. The Morgan fingerprint density at radius 1 is 1.38 bits per heavy atom. The zero-order valence-corrected chi connectivity index (χ0v) is 14.7. The van der Waals surface area contributed by atoms with Gasteiger partial charge in [-0.25, -0.2) is 4.98 Å². The second-order valence-corrected chi connectivity index (χ2v) is 6.79. The van der Waals surface area contributed by atoms with Crippen molar-refractivity contribution < 1.29 is 9.53 Å². The molecule has 6 heteroatoms. The Morgan fingerprint density at radius 3 is 2.92 bits per heavy atom. The highest BCUT2D eigenvalue weighted by molar-refractivity contribution is 7.13. The third-order valence-corrected chi connectivity index (χ3v) is 4.86. The Kier molecular flexibility index (Phi) is 5.82. The molecule has 1 saturated heterocycles. The average molecular weight is 345 g/mol. The van der Waals surface area contributed by atoms with Crippen LogP contribution >= 0.6 is 11.3 Å². The Hall–Kier alpha value is -1.92. The third-order valence-electron chi connectivity index (χ3n) is 4.06. The van der Waals surface area contributed by atoms with Gasteiger partial charge in [-0.1, -0.05) is 19.1 Å². The van der Waals surface area contributed by atoms with Crippen molar-refractivity contribution in [2.75, 3.05) is 18.5 Å². The quantitative estimate of drug-likeness (QED) is 0.808. The van der Waals surface area contributed by atoms with E-state index in [0.717, 1.165) is 42.4 Å². The maximum Gasteiger partial charge on any atom is 0.226 e. The lowest BCUT2D eigenvalue weighted by atomic mass is 10.1. The first-order valence-corrected chi connectivity index (χ1v) is 9.29. The van der Waals surface area contributed by atoms with Gasteiger partial charge in [0.1, 0.15) is 0 Å². The second-order valence-electron chi connectivity index (χ2n) is 5.94. The minimum Gasteiger partial charge on any atom is -0.376 e. The van der Waals surface area contributed by atoms with Crippen molar-refractivity contribution in [3.8, 4) is 0 Å². The molecule has 1 aromatic heterocycles. The van der Waals surface area contributed by atoms with Crippen molar-refractivity contribution in [3.05, 3.63) is 40.9 Å². The fourth-order valence-electron chi connectivity index (χ4n) is 2.65. The van der Waals surface area contributed by atoms with E-state index in [4.69, 9.17) is 4.74 Å². The van der Waals surface area contributed by atoms with E-state index in [-0.39, 0.29) is 12.0 Å². The summed E-state index contributed by atoms with van der Waals surface area (Å²) in [6.45, 7) is 3.54. The maximum absolute atomic E-state index is 12.0. The topological polar surface area (TPSA) is 63.2 Å². The Bertz CT molecular complexity index is 663. The SMILES string of the molecule is CCc1ccc(Nc2nc(CC(=O)NCC3CCCO3)cs2)cc1. The maximum atomic E-state index is 12.0. The highest BCUT2D eigenvalue weighted by atomic mass is 32.1. The number of nitrogens with one attached hydrogen (secondary N) is 2. The zero-order valence-electron chi connectivity index (χ0n) is 13.9. The minimum absolute atomic E-state index is 0.00495. The van der Waals surface area contributed by atoms with Crippen LogP contribution in [-0.4, -0.2) is 30.1 Å². The molecule has 1 fully saturated rings. The second kappa shape index (κ2) is 8.26. The molecule has 0 spiro atoms. The van der Waals surface area contributed by atoms with Crippen molar-refractivity contribution in [3.63, 3.8) is 0 Å². The first kappa shape index (κ1) is 16.9. The number of rotatable bonds is 7. The molecule has 1 aliphatic heterocycles. The lowest BCUT2D eigenvalue weighted by molar-refractivity contribution is -0.121. The summed E-state index contributed by atoms with van der Waals surface area (Å²) < 4.78 is 5.50. The molecule has 0 bridgehead atoms. The van der Waals surface area contributed by atoms with Crippen LogP contribution in [0.4, 0.5) is 10.8 Å². The summed E-state index contributed by atoms with van der Waals surface area (Å²) >= 11 is 1.51. The number of thiazole rings is 1. The Morgan fingerprint density at radius 2 is 2.21 bits per heavy atom. The fraction of sp³-hybridized carbons (Fsp3) is 0.444. The lowest BCUT2D eigenvalue weighted by Crippen LogP contribution is -2.32. The number of carbonyl (C=O) groups is 1. The van der Waals surface area contributed by atoms with Gasteiger partial charge in [0, 0.05) is 24.2 Å². The lowest BCUT2D eigenvalue weighted by Gasteiger charge is -2.10. The van der Waals surface area contributed by atoms with Crippen molar-refractivity contribution in [2.24, 2.45) is 0 Å². The zero-order chi connectivity index (χ0) is 16.8. The molecule has 2 N–H and O–H groups in total. The van der Waals surface area contributed by atoms with Crippen molar-refractivity contribution in [2.45, 2.75) is 38.7 Å². The van der Waals surface area contributed by atoms with E-state index in [1.807, 2.05) is 17.5 Å². The molecular formula is C18H23N3O2S. The summed E-state index contributed by atoms with van der Waals surface area (Å²) in [6.07, 6.45) is 3.62. The van der Waals surface area contributed by atoms with Gasteiger partial charge in [-0.3, -0.25) is 4.79 Å². The number of aromatic nitrogens is 1. The molecule has 2 aromatic rings. The van der Waals surface area contributed by atoms with Gasteiger partial charge in [-0.05, 0) is 37.0 Å². The van der Waals surface area contributed by atoms with Crippen LogP contribution in [0.2, 0.25) is 0 Å². The molecule has 0 aliphatic carbocycles. The van der Waals surface area contributed by atoms with Crippen molar-refractivity contribution >= 4 is 28.1 Å². The molecule has 5 nitrogen and oxygen atoms in total. The number of aryl methyl sites for hydroxylation is 1. The van der Waals surface area contributed by atoms with E-state index in [2.05, 4.69) is 34.7 Å². The normalized spacial score (nSPS) is 17.0. The van der Waals surface area contributed by atoms with Crippen LogP contribution in [0.3, 0.4) is 0 Å². The smallest absolute Gasteiger partial charge is 0.226 e. The van der Waals surface area contributed by atoms with Gasteiger partial charge in [0.15, 0.2) is 5.13 Å². The van der Waals surface area contributed by atoms with Gasteiger partial charge in [0.2, 0.25) is 5.91 Å². The van der Waals surface area contributed by atoms with Crippen molar-refractivity contribution in [1.82, 2.24) is 10.3 Å². The van der Waals surface area contributed by atoms with E-state index in [1.165, 1.54) is 16.9 Å². The number of amides is 1. The minimum atomic E-state index is -0.00495. The van der Waals surface area contributed by atoms with Crippen molar-refractivity contribution in [1.29, 1.82) is 0 Å². The van der Waals surface area contributed by atoms with Gasteiger partial charge in [-0.2, -0.15) is 0 Å². The molecule has 0 radical (unpaired) electrons. The molecule has 1 atom stereocenters. The molecule has 1 aromatic carbocycles. The van der Waals surface area contributed by atoms with Gasteiger partial charge in [-0.15, -0.1) is 11.3 Å². The van der Waals surface area contributed by atoms with Crippen LogP contribution in [0.25, 0.3) is 0 Å². The summed E-state index contributed by atoms with van der Waals surface area (Å²) in [5, 5.41) is 8.94. The highest BCUT2D eigenvalue weighted by Gasteiger charge is 2.16. The Labute approximate surface area is 146 Å². The summed E-state index contributed by atoms with van der Waals surface area (Å²) in [5.74, 6) is -0.00495. The summed E-state index contributed by atoms with van der Waals surface area (Å²) in [5.41, 5.74) is 3.11. The fourth-order valence-corrected chi connectivity index (χ4v) is 3.38. The first-order chi connectivity index (χ1) is 11.7. The van der Waals surface area contributed by atoms with E-state index >= 15 is 0 Å². The molecule has 128 valence electrons. The van der Waals surface area contributed by atoms with Crippen LogP contribution in [0, 0.1) is 0 Å². The van der Waals surface area contributed by atoms with Crippen LogP contribution in [0.1, 0.15) is 31.0 Å². The van der Waals surface area contributed by atoms with Gasteiger partial charge >= 0.3 is 0 Å². The van der Waals surface area contributed by atoms with E-state index in [9.17, 15) is 4.79 Å². The predicted molar refractivity (Wildman–Crippen MR) is 96.9 cm³/mol. The van der Waals surface area contributed by atoms with Gasteiger partial charge in [0.05, 0.1) is 18.2 Å². The molecule has 2 heterocycles. The van der Waals surface area contributed by atoms with E-state index in [0.29, 0.717) is 13.0 Å². The first-order valence-electron chi connectivity index (χ1n) is 8.41. The van der Waals surface area contributed by atoms with E-state index < -0.39 is 0 Å². The number of benzene rings is 1. The van der Waals surface area contributed by atoms with Gasteiger partial charge in [0.25, 0.3) is 0 Å². The highest BCUT2D eigenvalue weighted by Crippen LogP contribution is 2.21. The summed E-state index contributed by atoms with van der Waals surface area (Å²) in [4.78, 5) is 16.5. The monoisotopic (exact) mass is 345 g/mol. The summed E-state index contributed by atoms with van der Waals surface area (Å²) in [7, 11) is 0. The van der Waals surface area contributed by atoms with Crippen LogP contribution in [0.5, 0.6) is 0 Å². The predicted octanol–water partition coefficient (Wildman–Crippen LogP) is 3.29. The molecule has 0 saturated carbocycles. The standard InChI is InChI=1S/C18H23N3O2S/c1-2-13-5-7-14(8-6-13)20-18-21-15(12-24-18)10-17(22)19-11-16-4-3-9-23-16/h5-8,12,16H,2-4,9-11H2,1H3,(H,19,22)(H,20,21). The van der Waals surface area contributed by atoms with E-state index in [1.54, 1.807) is 0 Å². The molecular weight excluding hydrogens is 322 g/mol. The number of ether oxygens (including phenoxy) is 1. The largest absolute Gasteiger partial charge is 0.376 e. The van der Waals surface area contributed by atoms with Gasteiger partial charge < -0.3 is 15.4 Å². The average Bonchev–Trinajstić information content (AvgIpc) is 3.26. The molecule has 24 heavy (non-hydrogen) atoms. The molecule has 3 rings (SSSR count). The van der Waals surface area contributed by atoms with Crippen LogP contribution < -0.4 is 10.6 Å². The number of hydrogen-bond acceptors (Lipinski definition) is 5. The van der Waals surface area contributed by atoms with Crippen LogP contribution in [0.15, 0.2) is 29.6 Å². The number of anilines is 2. The number of carbonyl (C=O) groups excluding carboxylic acids is 1. The molecule has 1 aliphatic rings. The molecule has 1 unspecified atom stereocenters. The number of nitrogens with zero attached hydrogens (tertiary/aromatic N) is 1. The van der Waals surface area contributed by atoms with Crippen LogP contribution in [-0.2, 0) is 22.4 Å². The molecule has 1 amide bonds. The Balaban J connectivity index is 1.48. The number of hydrogen-bond donors (Lipinski definition) is 2.